The van der Waals surface area contributed by atoms with Crippen LogP contribution in [0.4, 0.5) is 5.69 Å². The molecule has 1 fully saturated rings. The van der Waals surface area contributed by atoms with E-state index in [0.717, 1.165) is 5.56 Å². The summed E-state index contributed by atoms with van der Waals surface area (Å²) in [5.41, 5.74) is 6.87. The number of hydrogen-bond donors (Lipinski definition) is 1. The Bertz CT molecular complexity index is 810. The minimum atomic E-state index is -0.544. The van der Waals surface area contributed by atoms with Crippen LogP contribution in [0.3, 0.4) is 0 Å². The number of hydrogen-bond acceptors (Lipinski definition) is 5. The first-order valence-electron chi connectivity index (χ1n) is 8.42. The molecule has 0 unspecified atom stereocenters. The Morgan fingerprint density at radius 2 is 2.00 bits per heavy atom. The summed E-state index contributed by atoms with van der Waals surface area (Å²) in [6.45, 7) is 1.41. The molecule has 0 bridgehead atoms. The first-order valence-corrected chi connectivity index (χ1v) is 8.42. The smallest absolute Gasteiger partial charge is 0.282 e. The van der Waals surface area contributed by atoms with Crippen LogP contribution in [-0.2, 0) is 0 Å². The minimum Gasteiger partial charge on any atom is -0.497 e. The zero-order chi connectivity index (χ0) is 18.7. The van der Waals surface area contributed by atoms with Gasteiger partial charge in [-0.3, -0.25) is 14.9 Å². The molecule has 7 heteroatoms. The van der Waals surface area contributed by atoms with E-state index in [1.807, 2.05) is 30.3 Å². The number of nitro benzene ring substituents is 1. The van der Waals surface area contributed by atoms with Crippen LogP contribution in [0.25, 0.3) is 0 Å². The lowest BCUT2D eigenvalue weighted by atomic mass is 9.89. The lowest BCUT2D eigenvalue weighted by Gasteiger charge is -2.17. The Hall–Kier alpha value is -2.93. The number of carbonyl (C=O) groups excluding carboxylic acids is 1. The number of amides is 1. The molecular weight excluding hydrogens is 334 g/mol. The molecule has 1 aliphatic heterocycles. The Morgan fingerprint density at radius 1 is 1.27 bits per heavy atom. The molecular formula is C19H21N3O4. The molecule has 2 aromatic rings. The van der Waals surface area contributed by atoms with Gasteiger partial charge in [0.1, 0.15) is 11.3 Å². The molecule has 1 amide bonds. The van der Waals surface area contributed by atoms with Crippen LogP contribution < -0.4 is 10.5 Å². The SMILES string of the molecule is COc1ccc([N+](=O)[O-])c(C(=O)N2C[C@@H](CN)[C@H](c3ccccc3)C2)c1. The van der Waals surface area contributed by atoms with Crippen LogP contribution in [0.5, 0.6) is 5.75 Å². The van der Waals surface area contributed by atoms with Gasteiger partial charge in [0.2, 0.25) is 0 Å². The molecule has 2 aromatic carbocycles. The van der Waals surface area contributed by atoms with E-state index in [9.17, 15) is 14.9 Å². The van der Waals surface area contributed by atoms with Crippen LogP contribution in [0.2, 0.25) is 0 Å². The number of benzene rings is 2. The van der Waals surface area contributed by atoms with E-state index in [4.69, 9.17) is 10.5 Å². The van der Waals surface area contributed by atoms with Gasteiger partial charge >= 0.3 is 0 Å². The van der Waals surface area contributed by atoms with Gasteiger partial charge in [0.05, 0.1) is 12.0 Å². The minimum absolute atomic E-state index is 0.0406. The summed E-state index contributed by atoms with van der Waals surface area (Å²) in [7, 11) is 1.46. The summed E-state index contributed by atoms with van der Waals surface area (Å²) in [6, 6.07) is 14.1. The van der Waals surface area contributed by atoms with Gasteiger partial charge in [-0.1, -0.05) is 30.3 Å². The fourth-order valence-electron chi connectivity index (χ4n) is 3.50. The van der Waals surface area contributed by atoms with Crippen molar-refractivity contribution in [2.45, 2.75) is 5.92 Å². The fourth-order valence-corrected chi connectivity index (χ4v) is 3.50. The maximum absolute atomic E-state index is 13.0. The molecule has 0 saturated carbocycles. The van der Waals surface area contributed by atoms with Gasteiger partial charge in [-0.05, 0) is 30.2 Å². The number of rotatable bonds is 5. The van der Waals surface area contributed by atoms with Crippen molar-refractivity contribution >= 4 is 11.6 Å². The molecule has 7 nitrogen and oxygen atoms in total. The molecule has 26 heavy (non-hydrogen) atoms. The quantitative estimate of drug-likeness (QED) is 0.656. The van der Waals surface area contributed by atoms with Gasteiger partial charge in [0, 0.05) is 25.1 Å². The van der Waals surface area contributed by atoms with Crippen molar-refractivity contribution in [1.82, 2.24) is 4.90 Å². The zero-order valence-electron chi connectivity index (χ0n) is 14.5. The Balaban J connectivity index is 1.90. The molecule has 1 saturated heterocycles. The second kappa shape index (κ2) is 7.53. The summed E-state index contributed by atoms with van der Waals surface area (Å²) in [6.07, 6.45) is 0. The van der Waals surface area contributed by atoms with Crippen LogP contribution in [0.1, 0.15) is 21.8 Å². The molecule has 0 radical (unpaired) electrons. The van der Waals surface area contributed by atoms with E-state index in [0.29, 0.717) is 25.4 Å². The number of nitrogens with two attached hydrogens (primary N) is 1. The van der Waals surface area contributed by atoms with Crippen molar-refractivity contribution in [3.63, 3.8) is 0 Å². The molecule has 136 valence electrons. The van der Waals surface area contributed by atoms with Crippen LogP contribution >= 0.6 is 0 Å². The molecule has 0 spiro atoms. The number of ether oxygens (including phenoxy) is 1. The largest absolute Gasteiger partial charge is 0.497 e. The summed E-state index contributed by atoms with van der Waals surface area (Å²) in [5, 5.41) is 11.3. The number of carbonyl (C=O) groups is 1. The van der Waals surface area contributed by atoms with Gasteiger partial charge in [0.25, 0.3) is 11.6 Å². The Morgan fingerprint density at radius 3 is 2.62 bits per heavy atom. The van der Waals surface area contributed by atoms with Crippen molar-refractivity contribution in [2.75, 3.05) is 26.7 Å². The number of likely N-dealkylation sites (tertiary alicyclic amines) is 1. The third kappa shape index (κ3) is 3.39. The lowest BCUT2D eigenvalue weighted by Crippen LogP contribution is -2.30. The first kappa shape index (κ1) is 17.9. The molecule has 1 aliphatic rings. The number of nitro groups is 1. The predicted octanol–water partition coefficient (Wildman–Crippen LogP) is 2.42. The standard InChI is InChI=1S/C19H21N3O4/c1-26-15-7-8-18(22(24)25)16(9-15)19(23)21-11-14(10-20)17(12-21)13-5-3-2-4-6-13/h2-9,14,17H,10-12,20H2,1H3/t14-,17+/m1/s1. The molecule has 2 atom stereocenters. The highest BCUT2D eigenvalue weighted by Crippen LogP contribution is 2.34. The van der Waals surface area contributed by atoms with E-state index in [2.05, 4.69) is 0 Å². The molecule has 2 N–H and O–H groups in total. The summed E-state index contributed by atoms with van der Waals surface area (Å²) in [4.78, 5) is 25.4. The summed E-state index contributed by atoms with van der Waals surface area (Å²) >= 11 is 0. The first-order chi connectivity index (χ1) is 12.5. The van der Waals surface area contributed by atoms with Crippen molar-refractivity contribution in [3.05, 3.63) is 69.8 Å². The highest BCUT2D eigenvalue weighted by Gasteiger charge is 2.37. The average molecular weight is 355 g/mol. The average Bonchev–Trinajstić information content (AvgIpc) is 3.12. The van der Waals surface area contributed by atoms with Gasteiger partial charge in [-0.15, -0.1) is 0 Å². The maximum Gasteiger partial charge on any atom is 0.282 e. The fraction of sp³-hybridized carbons (Fsp3) is 0.316. The predicted molar refractivity (Wildman–Crippen MR) is 97.3 cm³/mol. The van der Waals surface area contributed by atoms with Crippen molar-refractivity contribution in [1.29, 1.82) is 0 Å². The maximum atomic E-state index is 13.0. The third-order valence-corrected chi connectivity index (χ3v) is 4.89. The highest BCUT2D eigenvalue weighted by atomic mass is 16.6. The number of nitrogens with zero attached hydrogens (tertiary/aromatic N) is 2. The molecule has 0 aromatic heterocycles. The lowest BCUT2D eigenvalue weighted by molar-refractivity contribution is -0.385. The van der Waals surface area contributed by atoms with Gasteiger partial charge < -0.3 is 15.4 Å². The van der Waals surface area contributed by atoms with Crippen LogP contribution in [0.15, 0.2) is 48.5 Å². The van der Waals surface area contributed by atoms with Crippen LogP contribution in [-0.4, -0.2) is 42.5 Å². The Labute approximate surface area is 151 Å². The second-order valence-corrected chi connectivity index (χ2v) is 6.36. The topological polar surface area (TPSA) is 98.7 Å². The van der Waals surface area contributed by atoms with E-state index >= 15 is 0 Å². The van der Waals surface area contributed by atoms with E-state index in [1.165, 1.54) is 25.3 Å². The Kier molecular flexibility index (Phi) is 5.18. The van der Waals surface area contributed by atoms with Gasteiger partial charge in [-0.25, -0.2) is 0 Å². The molecule has 0 aliphatic carbocycles. The number of methoxy groups -OCH3 is 1. The summed E-state index contributed by atoms with van der Waals surface area (Å²) < 4.78 is 5.12. The zero-order valence-corrected chi connectivity index (χ0v) is 14.5. The molecule has 3 rings (SSSR count). The monoisotopic (exact) mass is 355 g/mol. The second-order valence-electron chi connectivity index (χ2n) is 6.36. The van der Waals surface area contributed by atoms with Crippen molar-refractivity contribution in [3.8, 4) is 5.75 Å². The van der Waals surface area contributed by atoms with Crippen molar-refractivity contribution in [2.24, 2.45) is 11.7 Å². The highest BCUT2D eigenvalue weighted by molar-refractivity contribution is 5.98. The van der Waals surface area contributed by atoms with Crippen molar-refractivity contribution < 1.29 is 14.5 Å². The molecule has 1 heterocycles. The van der Waals surface area contributed by atoms with E-state index < -0.39 is 4.92 Å². The van der Waals surface area contributed by atoms with Gasteiger partial charge in [-0.2, -0.15) is 0 Å². The van der Waals surface area contributed by atoms with Crippen LogP contribution in [0, 0.1) is 16.0 Å². The third-order valence-electron chi connectivity index (χ3n) is 4.89. The van der Waals surface area contributed by atoms with E-state index in [1.54, 1.807) is 4.90 Å². The van der Waals surface area contributed by atoms with E-state index in [-0.39, 0.29) is 29.0 Å². The summed E-state index contributed by atoms with van der Waals surface area (Å²) in [5.74, 6) is 0.279. The normalized spacial score (nSPS) is 19.4. The van der Waals surface area contributed by atoms with Gasteiger partial charge in [0.15, 0.2) is 0 Å².